The van der Waals surface area contributed by atoms with Crippen molar-refractivity contribution >= 4 is 5.69 Å². The van der Waals surface area contributed by atoms with Crippen molar-refractivity contribution in [3.8, 4) is 11.5 Å². The first-order valence-corrected chi connectivity index (χ1v) is 5.86. The van der Waals surface area contributed by atoms with Crippen LogP contribution in [0, 0.1) is 16.0 Å². The number of nitrogens with one attached hydrogen (secondary N) is 1. The van der Waals surface area contributed by atoms with Crippen molar-refractivity contribution in [2.45, 2.75) is 6.42 Å². The van der Waals surface area contributed by atoms with Crippen LogP contribution < -0.4 is 14.8 Å². The van der Waals surface area contributed by atoms with Crippen LogP contribution in [0.1, 0.15) is 6.42 Å². The second kappa shape index (κ2) is 5.68. The third kappa shape index (κ3) is 2.89. The molecule has 1 N–H and O–H groups in total. The third-order valence-corrected chi connectivity index (χ3v) is 3.00. The molecule has 1 atom stereocenters. The van der Waals surface area contributed by atoms with E-state index < -0.39 is 4.92 Å². The van der Waals surface area contributed by atoms with E-state index in [0.717, 1.165) is 19.5 Å². The maximum Gasteiger partial charge on any atom is 0.314 e. The summed E-state index contributed by atoms with van der Waals surface area (Å²) < 4.78 is 10.5. The summed E-state index contributed by atoms with van der Waals surface area (Å²) in [5.74, 6) is 1.23. The molecule has 0 spiro atoms. The van der Waals surface area contributed by atoms with E-state index in [1.165, 1.54) is 13.2 Å². The normalized spacial score (nSPS) is 18.6. The number of hydrogen-bond acceptors (Lipinski definition) is 5. The molecule has 98 valence electrons. The van der Waals surface area contributed by atoms with Gasteiger partial charge < -0.3 is 14.8 Å². The molecule has 0 amide bonds. The molecule has 0 aliphatic carbocycles. The lowest BCUT2D eigenvalue weighted by Gasteiger charge is -2.11. The Hall–Kier alpha value is -1.82. The van der Waals surface area contributed by atoms with Crippen molar-refractivity contribution in [1.29, 1.82) is 0 Å². The molecule has 1 saturated heterocycles. The molecule has 6 nitrogen and oxygen atoms in total. The molecule has 6 heteroatoms. The van der Waals surface area contributed by atoms with Gasteiger partial charge in [0.1, 0.15) is 5.75 Å². The van der Waals surface area contributed by atoms with Crippen LogP contribution in [-0.4, -0.2) is 31.7 Å². The maximum atomic E-state index is 10.9. The number of ether oxygens (including phenoxy) is 2. The van der Waals surface area contributed by atoms with Gasteiger partial charge in [0.25, 0.3) is 0 Å². The van der Waals surface area contributed by atoms with Gasteiger partial charge in [-0.15, -0.1) is 0 Å². The summed E-state index contributed by atoms with van der Waals surface area (Å²) in [7, 11) is 1.41. The van der Waals surface area contributed by atoms with E-state index in [1.54, 1.807) is 12.1 Å². The van der Waals surface area contributed by atoms with E-state index in [1.807, 2.05) is 0 Å². The predicted molar refractivity (Wildman–Crippen MR) is 66.1 cm³/mol. The molecule has 1 aliphatic heterocycles. The van der Waals surface area contributed by atoms with E-state index in [4.69, 9.17) is 9.47 Å². The minimum Gasteiger partial charge on any atom is -0.493 e. The van der Waals surface area contributed by atoms with Gasteiger partial charge in [-0.25, -0.2) is 0 Å². The molecule has 0 saturated carbocycles. The topological polar surface area (TPSA) is 73.6 Å². The fourth-order valence-electron chi connectivity index (χ4n) is 1.97. The van der Waals surface area contributed by atoms with Crippen LogP contribution in [0.5, 0.6) is 11.5 Å². The van der Waals surface area contributed by atoms with Crippen LogP contribution in [0.25, 0.3) is 0 Å². The Balaban J connectivity index is 2.04. The van der Waals surface area contributed by atoms with Crippen LogP contribution in [0.15, 0.2) is 18.2 Å². The van der Waals surface area contributed by atoms with Gasteiger partial charge in [-0.1, -0.05) is 0 Å². The second-order valence-corrected chi connectivity index (χ2v) is 4.26. The molecule has 0 radical (unpaired) electrons. The van der Waals surface area contributed by atoms with Gasteiger partial charge in [0.2, 0.25) is 0 Å². The minimum atomic E-state index is -0.469. The van der Waals surface area contributed by atoms with Crippen LogP contribution in [-0.2, 0) is 0 Å². The standard InChI is InChI=1S/C12H16N2O4/c1-17-12-3-2-10(6-11(12)14(15)16)18-8-9-4-5-13-7-9/h2-3,6,9,13H,4-5,7-8H2,1H3. The zero-order valence-corrected chi connectivity index (χ0v) is 10.2. The molecule has 0 bridgehead atoms. The smallest absolute Gasteiger partial charge is 0.314 e. The number of methoxy groups -OCH3 is 1. The Kier molecular flexibility index (Phi) is 3.99. The first-order valence-electron chi connectivity index (χ1n) is 5.86. The average Bonchev–Trinajstić information content (AvgIpc) is 2.89. The molecule has 1 unspecified atom stereocenters. The van der Waals surface area contributed by atoms with Gasteiger partial charge in [0, 0.05) is 12.5 Å². The lowest BCUT2D eigenvalue weighted by atomic mass is 10.1. The highest BCUT2D eigenvalue weighted by molar-refractivity contribution is 5.50. The minimum absolute atomic E-state index is 0.0699. The van der Waals surface area contributed by atoms with Crippen molar-refractivity contribution in [2.24, 2.45) is 5.92 Å². The molecular weight excluding hydrogens is 236 g/mol. The number of nitro groups is 1. The van der Waals surface area contributed by atoms with E-state index in [-0.39, 0.29) is 11.4 Å². The summed E-state index contributed by atoms with van der Waals surface area (Å²) in [5.41, 5.74) is -0.0699. The fraction of sp³-hybridized carbons (Fsp3) is 0.500. The van der Waals surface area contributed by atoms with Gasteiger partial charge in [-0.05, 0) is 25.1 Å². The predicted octanol–water partition coefficient (Wildman–Crippen LogP) is 1.59. The molecule has 1 aromatic rings. The van der Waals surface area contributed by atoms with E-state index in [9.17, 15) is 10.1 Å². The molecular formula is C12H16N2O4. The Labute approximate surface area is 105 Å². The lowest BCUT2D eigenvalue weighted by Crippen LogP contribution is -2.15. The molecule has 2 rings (SSSR count). The van der Waals surface area contributed by atoms with Crippen LogP contribution in [0.4, 0.5) is 5.69 Å². The van der Waals surface area contributed by atoms with Gasteiger partial charge in [0.05, 0.1) is 24.7 Å². The molecule has 0 aromatic heterocycles. The number of hydrogen-bond donors (Lipinski definition) is 1. The highest BCUT2D eigenvalue weighted by Crippen LogP contribution is 2.31. The molecule has 1 heterocycles. The zero-order chi connectivity index (χ0) is 13.0. The Morgan fingerprint density at radius 1 is 1.56 bits per heavy atom. The van der Waals surface area contributed by atoms with Gasteiger partial charge in [-0.2, -0.15) is 0 Å². The quantitative estimate of drug-likeness (QED) is 0.636. The van der Waals surface area contributed by atoms with Crippen molar-refractivity contribution in [1.82, 2.24) is 5.32 Å². The van der Waals surface area contributed by atoms with Gasteiger partial charge in [-0.3, -0.25) is 10.1 Å². The monoisotopic (exact) mass is 252 g/mol. The van der Waals surface area contributed by atoms with E-state index >= 15 is 0 Å². The van der Waals surface area contributed by atoms with Crippen molar-refractivity contribution < 1.29 is 14.4 Å². The van der Waals surface area contributed by atoms with E-state index in [2.05, 4.69) is 5.32 Å². The molecule has 1 aliphatic rings. The van der Waals surface area contributed by atoms with E-state index in [0.29, 0.717) is 18.3 Å². The second-order valence-electron chi connectivity index (χ2n) is 4.26. The molecule has 1 fully saturated rings. The fourth-order valence-corrected chi connectivity index (χ4v) is 1.97. The highest BCUT2D eigenvalue weighted by atomic mass is 16.6. The summed E-state index contributed by atoms with van der Waals surface area (Å²) >= 11 is 0. The highest BCUT2D eigenvalue weighted by Gasteiger charge is 2.18. The summed E-state index contributed by atoms with van der Waals surface area (Å²) in [6.45, 7) is 2.53. The van der Waals surface area contributed by atoms with Crippen LogP contribution >= 0.6 is 0 Å². The number of nitrogens with zero attached hydrogens (tertiary/aromatic N) is 1. The summed E-state index contributed by atoms with van der Waals surface area (Å²) in [4.78, 5) is 10.4. The van der Waals surface area contributed by atoms with Crippen molar-refractivity contribution in [2.75, 3.05) is 26.8 Å². The Morgan fingerprint density at radius 2 is 2.39 bits per heavy atom. The summed E-state index contributed by atoms with van der Waals surface area (Å²) in [5, 5.41) is 14.1. The lowest BCUT2D eigenvalue weighted by molar-refractivity contribution is -0.385. The van der Waals surface area contributed by atoms with Gasteiger partial charge in [0.15, 0.2) is 5.75 Å². The zero-order valence-electron chi connectivity index (χ0n) is 10.2. The molecule has 1 aromatic carbocycles. The number of nitro benzene ring substituents is 1. The third-order valence-electron chi connectivity index (χ3n) is 3.00. The summed E-state index contributed by atoms with van der Waals surface area (Å²) in [6, 6.07) is 4.65. The maximum absolute atomic E-state index is 10.9. The summed E-state index contributed by atoms with van der Waals surface area (Å²) in [6.07, 6.45) is 1.08. The average molecular weight is 252 g/mol. The largest absolute Gasteiger partial charge is 0.493 e. The first-order chi connectivity index (χ1) is 8.70. The van der Waals surface area contributed by atoms with Crippen molar-refractivity contribution in [3.63, 3.8) is 0 Å². The SMILES string of the molecule is COc1ccc(OCC2CCNC2)cc1[N+](=O)[O-]. The van der Waals surface area contributed by atoms with Gasteiger partial charge >= 0.3 is 5.69 Å². The van der Waals surface area contributed by atoms with Crippen LogP contribution in [0.2, 0.25) is 0 Å². The van der Waals surface area contributed by atoms with Crippen molar-refractivity contribution in [3.05, 3.63) is 28.3 Å². The number of benzene rings is 1. The Bertz CT molecular complexity index is 430. The van der Waals surface area contributed by atoms with Crippen LogP contribution in [0.3, 0.4) is 0 Å². The molecule has 18 heavy (non-hydrogen) atoms. The Morgan fingerprint density at radius 3 is 3.00 bits per heavy atom. The first kappa shape index (κ1) is 12.6. The number of rotatable bonds is 5.